The van der Waals surface area contributed by atoms with Gasteiger partial charge in [-0.2, -0.15) is 5.26 Å². The molecule has 0 saturated heterocycles. The highest BCUT2D eigenvalue weighted by Gasteiger charge is 2.18. The molecule has 5 heteroatoms. The van der Waals surface area contributed by atoms with Crippen LogP contribution in [-0.4, -0.2) is 9.97 Å². The fourth-order valence-corrected chi connectivity index (χ4v) is 2.98. The van der Waals surface area contributed by atoms with Crippen LogP contribution in [0.3, 0.4) is 0 Å². The Labute approximate surface area is 147 Å². The van der Waals surface area contributed by atoms with Gasteiger partial charge in [0.25, 0.3) is 0 Å². The maximum absolute atomic E-state index is 13.8. The Bertz CT molecular complexity index is 702. The molecule has 0 aliphatic carbocycles. The highest BCUT2D eigenvalue weighted by atomic mass is 19.1. The van der Waals surface area contributed by atoms with Gasteiger partial charge in [0.1, 0.15) is 29.1 Å². The second-order valence-electron chi connectivity index (χ2n) is 6.40. The predicted octanol–water partition coefficient (Wildman–Crippen LogP) is 5.48. The molecule has 2 aromatic rings. The summed E-state index contributed by atoms with van der Waals surface area (Å²) in [5.74, 6) is -0.516. The van der Waals surface area contributed by atoms with E-state index in [1.807, 2.05) is 6.92 Å². The molecule has 0 aliphatic rings. The summed E-state index contributed by atoms with van der Waals surface area (Å²) in [7, 11) is 0. The van der Waals surface area contributed by atoms with Crippen molar-refractivity contribution >= 4 is 0 Å². The van der Waals surface area contributed by atoms with Crippen LogP contribution in [0.25, 0.3) is 0 Å². The zero-order chi connectivity index (χ0) is 18.2. The first-order valence-corrected chi connectivity index (χ1v) is 8.72. The van der Waals surface area contributed by atoms with Gasteiger partial charge in [-0.05, 0) is 48.9 Å². The third kappa shape index (κ3) is 5.06. The molecule has 1 heterocycles. The minimum Gasteiger partial charge on any atom is -0.241 e. The average Bonchev–Trinajstić information content (AvgIpc) is 2.62. The van der Waals surface area contributed by atoms with Crippen LogP contribution in [-0.2, 0) is 0 Å². The molecule has 25 heavy (non-hydrogen) atoms. The Kier molecular flexibility index (Phi) is 7.00. The second kappa shape index (κ2) is 9.22. The Balaban J connectivity index is 2.08. The van der Waals surface area contributed by atoms with Crippen LogP contribution in [0.1, 0.15) is 74.7 Å². The van der Waals surface area contributed by atoms with Gasteiger partial charge < -0.3 is 0 Å². The van der Waals surface area contributed by atoms with Crippen LogP contribution >= 0.6 is 0 Å². The van der Waals surface area contributed by atoms with Crippen molar-refractivity contribution in [1.82, 2.24) is 9.97 Å². The number of halogens is 2. The van der Waals surface area contributed by atoms with Crippen molar-refractivity contribution in [2.24, 2.45) is 0 Å². The zero-order valence-electron chi connectivity index (χ0n) is 14.7. The third-order valence-electron chi connectivity index (χ3n) is 4.55. The molecule has 0 aliphatic heterocycles. The van der Waals surface area contributed by atoms with E-state index in [1.165, 1.54) is 12.1 Å². The Morgan fingerprint density at radius 3 is 2.28 bits per heavy atom. The van der Waals surface area contributed by atoms with Crippen LogP contribution in [0.15, 0.2) is 30.6 Å². The number of rotatable bonds is 8. The van der Waals surface area contributed by atoms with Crippen LogP contribution < -0.4 is 0 Å². The molecule has 132 valence electrons. The van der Waals surface area contributed by atoms with E-state index >= 15 is 0 Å². The number of hydrogen-bond acceptors (Lipinski definition) is 3. The fraction of sp³-hybridized carbons (Fsp3) is 0.450. The number of hydrogen-bond donors (Lipinski definition) is 0. The summed E-state index contributed by atoms with van der Waals surface area (Å²) in [5, 5.41) is 8.77. The van der Waals surface area contributed by atoms with Gasteiger partial charge in [0.2, 0.25) is 0 Å². The van der Waals surface area contributed by atoms with Crippen LogP contribution in [0.2, 0.25) is 0 Å². The smallest absolute Gasteiger partial charge is 0.144 e. The minimum absolute atomic E-state index is 0.00965. The Morgan fingerprint density at radius 1 is 1.08 bits per heavy atom. The molecule has 3 nitrogen and oxygen atoms in total. The van der Waals surface area contributed by atoms with E-state index in [9.17, 15) is 8.78 Å². The van der Waals surface area contributed by atoms with Gasteiger partial charge in [-0.3, -0.25) is 0 Å². The van der Waals surface area contributed by atoms with Gasteiger partial charge in [-0.15, -0.1) is 0 Å². The summed E-state index contributed by atoms with van der Waals surface area (Å²) in [5.41, 5.74) is 0.0617. The lowest BCUT2D eigenvalue weighted by Gasteiger charge is -2.18. The SMILES string of the molecule is CCCCC(CCC(C)c1cc(F)c(C#N)c(F)c1)c1ncccn1. The predicted molar refractivity (Wildman–Crippen MR) is 93.0 cm³/mol. The molecular formula is C20H23F2N3. The first kappa shape index (κ1) is 19.0. The Morgan fingerprint density at radius 2 is 1.72 bits per heavy atom. The van der Waals surface area contributed by atoms with Gasteiger partial charge >= 0.3 is 0 Å². The van der Waals surface area contributed by atoms with Gasteiger partial charge in [0, 0.05) is 18.3 Å². The molecule has 0 radical (unpaired) electrons. The van der Waals surface area contributed by atoms with Crippen molar-refractivity contribution in [2.45, 2.75) is 57.8 Å². The van der Waals surface area contributed by atoms with Crippen molar-refractivity contribution in [2.75, 3.05) is 0 Å². The van der Waals surface area contributed by atoms with Crippen molar-refractivity contribution in [3.8, 4) is 6.07 Å². The van der Waals surface area contributed by atoms with Gasteiger partial charge in [-0.25, -0.2) is 18.7 Å². The zero-order valence-corrected chi connectivity index (χ0v) is 14.7. The van der Waals surface area contributed by atoms with Crippen molar-refractivity contribution in [1.29, 1.82) is 5.26 Å². The molecule has 0 amide bonds. The lowest BCUT2D eigenvalue weighted by molar-refractivity contribution is 0.481. The molecule has 2 atom stereocenters. The molecule has 0 saturated carbocycles. The number of nitriles is 1. The molecule has 1 aromatic carbocycles. The van der Waals surface area contributed by atoms with Gasteiger partial charge in [-0.1, -0.05) is 26.7 Å². The summed E-state index contributed by atoms with van der Waals surface area (Å²) in [6, 6.07) is 5.90. The van der Waals surface area contributed by atoms with E-state index in [2.05, 4.69) is 16.9 Å². The molecule has 2 rings (SSSR count). The topological polar surface area (TPSA) is 49.6 Å². The van der Waals surface area contributed by atoms with E-state index < -0.39 is 17.2 Å². The normalized spacial score (nSPS) is 13.2. The van der Waals surface area contributed by atoms with Crippen molar-refractivity contribution in [3.63, 3.8) is 0 Å². The standard InChI is InChI=1S/C20H23F2N3/c1-3-4-6-15(20-24-9-5-10-25-20)8-7-14(2)16-11-18(21)17(13-23)19(22)12-16/h5,9-12,14-15H,3-4,6-8H2,1-2H3. The molecule has 0 spiro atoms. The number of nitrogens with zero attached hydrogens (tertiary/aromatic N) is 3. The largest absolute Gasteiger partial charge is 0.241 e. The fourth-order valence-electron chi connectivity index (χ4n) is 2.98. The minimum atomic E-state index is -0.793. The van der Waals surface area contributed by atoms with E-state index in [0.717, 1.165) is 37.9 Å². The molecule has 0 bridgehead atoms. The number of unbranched alkanes of at least 4 members (excludes halogenated alkanes) is 1. The van der Waals surface area contributed by atoms with Crippen molar-refractivity contribution < 1.29 is 8.78 Å². The highest BCUT2D eigenvalue weighted by molar-refractivity contribution is 5.36. The lowest BCUT2D eigenvalue weighted by Crippen LogP contribution is -2.07. The van der Waals surface area contributed by atoms with Crippen LogP contribution in [0, 0.1) is 23.0 Å². The monoisotopic (exact) mass is 343 g/mol. The quantitative estimate of drug-likeness (QED) is 0.637. The first-order chi connectivity index (χ1) is 12.1. The van der Waals surface area contributed by atoms with E-state index in [0.29, 0.717) is 5.56 Å². The van der Waals surface area contributed by atoms with Crippen LogP contribution in [0.5, 0.6) is 0 Å². The number of aromatic nitrogens is 2. The maximum Gasteiger partial charge on any atom is 0.144 e. The molecule has 1 aromatic heterocycles. The Hall–Kier alpha value is -2.35. The molecule has 2 unspecified atom stereocenters. The van der Waals surface area contributed by atoms with Gasteiger partial charge in [0.05, 0.1) is 0 Å². The third-order valence-corrected chi connectivity index (χ3v) is 4.55. The summed E-state index contributed by atoms with van der Waals surface area (Å²) in [4.78, 5) is 8.73. The highest BCUT2D eigenvalue weighted by Crippen LogP contribution is 2.30. The molecular weight excluding hydrogens is 320 g/mol. The molecule has 0 N–H and O–H groups in total. The summed E-state index contributed by atoms with van der Waals surface area (Å²) in [6.07, 6.45) is 8.32. The van der Waals surface area contributed by atoms with Crippen molar-refractivity contribution in [3.05, 3.63) is 59.2 Å². The first-order valence-electron chi connectivity index (χ1n) is 8.72. The summed E-state index contributed by atoms with van der Waals surface area (Å²) >= 11 is 0. The molecule has 0 fully saturated rings. The summed E-state index contributed by atoms with van der Waals surface area (Å²) < 4.78 is 27.6. The maximum atomic E-state index is 13.8. The van der Waals surface area contributed by atoms with Gasteiger partial charge in [0.15, 0.2) is 0 Å². The van der Waals surface area contributed by atoms with E-state index in [4.69, 9.17) is 5.26 Å². The van der Waals surface area contributed by atoms with E-state index in [-0.39, 0.29) is 11.8 Å². The lowest BCUT2D eigenvalue weighted by atomic mass is 9.88. The average molecular weight is 343 g/mol. The van der Waals surface area contributed by atoms with Crippen LogP contribution in [0.4, 0.5) is 8.78 Å². The second-order valence-corrected chi connectivity index (χ2v) is 6.40. The summed E-state index contributed by atoms with van der Waals surface area (Å²) in [6.45, 7) is 4.09. The number of benzene rings is 1. The van der Waals surface area contributed by atoms with E-state index in [1.54, 1.807) is 24.5 Å².